The van der Waals surface area contributed by atoms with E-state index in [2.05, 4.69) is 19.1 Å². The van der Waals surface area contributed by atoms with Crippen LogP contribution in [0.25, 0.3) is 21.5 Å². The number of nitrogens with two attached hydrogens (primary N) is 2. The highest BCUT2D eigenvalue weighted by atomic mass is 16.5. The van der Waals surface area contributed by atoms with E-state index in [1.165, 1.54) is 5.56 Å². The lowest BCUT2D eigenvalue weighted by molar-refractivity contribution is -0.154. The molecule has 0 fully saturated rings. The number of carbonyl (C=O) groups excluding carboxylic acids is 4. The molecule has 0 aliphatic heterocycles. The molecule has 0 aromatic heterocycles. The first-order valence-electron chi connectivity index (χ1n) is 18.7. The monoisotopic (exact) mass is 734 g/mol. The average Bonchev–Trinajstić information content (AvgIpc) is 3.19. The summed E-state index contributed by atoms with van der Waals surface area (Å²) in [5, 5.41) is 3.89. The van der Waals surface area contributed by atoms with E-state index in [4.69, 9.17) is 20.9 Å². The van der Waals surface area contributed by atoms with Crippen molar-refractivity contribution in [3.63, 3.8) is 0 Å². The molecule has 6 aromatic carbocycles. The molecule has 4 N–H and O–H groups in total. The maximum absolute atomic E-state index is 14.7. The predicted octanol–water partition coefficient (Wildman–Crippen LogP) is 7.83. The van der Waals surface area contributed by atoms with E-state index >= 15 is 0 Å². The first-order chi connectivity index (χ1) is 26.7. The Morgan fingerprint density at radius 1 is 0.618 bits per heavy atom. The predicted molar refractivity (Wildman–Crippen MR) is 215 cm³/mol. The van der Waals surface area contributed by atoms with E-state index in [-0.39, 0.29) is 32.3 Å². The molecule has 3 atom stereocenters. The van der Waals surface area contributed by atoms with Gasteiger partial charge < -0.3 is 20.9 Å². The average molecular weight is 735 g/mol. The SMILES string of the molecule is CCc1ccc2cc(C[C@@H](CC(N)=O)OC(=O)[C@H](CCC(N)C(=O)OCc3ccccc3)C(=O)c3cc4ccccc4cc3Cc3ccccc3)ccc2c1. The van der Waals surface area contributed by atoms with Gasteiger partial charge in [0.1, 0.15) is 24.7 Å². The Balaban J connectivity index is 1.29. The first-order valence-corrected chi connectivity index (χ1v) is 18.7. The lowest BCUT2D eigenvalue weighted by Gasteiger charge is -2.23. The third-order valence-corrected chi connectivity index (χ3v) is 9.92. The van der Waals surface area contributed by atoms with Crippen molar-refractivity contribution in [1.82, 2.24) is 0 Å². The minimum Gasteiger partial charge on any atom is -0.461 e. The highest BCUT2D eigenvalue weighted by Gasteiger charge is 2.34. The van der Waals surface area contributed by atoms with Gasteiger partial charge in [-0.15, -0.1) is 0 Å². The summed E-state index contributed by atoms with van der Waals surface area (Å²) in [5.74, 6) is -3.89. The molecule has 0 aliphatic carbocycles. The summed E-state index contributed by atoms with van der Waals surface area (Å²) in [5.41, 5.74) is 17.0. The number of Topliss-reactive ketones (excluding diaryl/α,β-unsaturated/α-hetero) is 1. The Bertz CT molecular complexity index is 2290. The number of carbonyl (C=O) groups is 4. The Hall–Kier alpha value is -6.12. The van der Waals surface area contributed by atoms with E-state index in [1.54, 1.807) is 0 Å². The Morgan fingerprint density at radius 2 is 1.20 bits per heavy atom. The maximum Gasteiger partial charge on any atom is 0.323 e. The van der Waals surface area contributed by atoms with Gasteiger partial charge in [-0.25, -0.2) is 0 Å². The quantitative estimate of drug-likeness (QED) is 0.0554. The van der Waals surface area contributed by atoms with Crippen molar-refractivity contribution >= 4 is 45.2 Å². The van der Waals surface area contributed by atoms with Crippen LogP contribution >= 0.6 is 0 Å². The Kier molecular flexibility index (Phi) is 12.8. The fourth-order valence-corrected chi connectivity index (χ4v) is 6.90. The fraction of sp³-hybridized carbons (Fsp3) is 0.234. The number of hydrogen-bond acceptors (Lipinski definition) is 7. The van der Waals surface area contributed by atoms with Gasteiger partial charge in [-0.1, -0.05) is 134 Å². The molecule has 0 radical (unpaired) electrons. The fourth-order valence-electron chi connectivity index (χ4n) is 6.90. The van der Waals surface area contributed by atoms with Crippen molar-refractivity contribution in [3.8, 4) is 0 Å². The minimum absolute atomic E-state index is 0.0222. The van der Waals surface area contributed by atoms with Crippen LogP contribution in [0.15, 0.2) is 133 Å². The van der Waals surface area contributed by atoms with E-state index in [0.29, 0.717) is 12.0 Å². The van der Waals surface area contributed by atoms with Crippen molar-refractivity contribution in [3.05, 3.63) is 167 Å². The van der Waals surface area contributed by atoms with Gasteiger partial charge in [0, 0.05) is 12.0 Å². The second kappa shape index (κ2) is 18.3. The van der Waals surface area contributed by atoms with Crippen LogP contribution in [-0.4, -0.2) is 35.8 Å². The number of rotatable bonds is 17. The highest BCUT2D eigenvalue weighted by Crippen LogP contribution is 2.28. The minimum atomic E-state index is -1.33. The molecule has 8 heteroatoms. The van der Waals surface area contributed by atoms with Crippen LogP contribution in [0.5, 0.6) is 0 Å². The first kappa shape index (κ1) is 38.6. The molecular formula is C47H46N2O6. The maximum atomic E-state index is 14.7. The van der Waals surface area contributed by atoms with Gasteiger partial charge >= 0.3 is 11.9 Å². The van der Waals surface area contributed by atoms with Crippen LogP contribution in [-0.2, 0) is 49.7 Å². The van der Waals surface area contributed by atoms with Gasteiger partial charge in [-0.3, -0.25) is 19.2 Å². The molecule has 1 unspecified atom stereocenters. The summed E-state index contributed by atoms with van der Waals surface area (Å²) in [6, 6.07) is 41.6. The molecule has 55 heavy (non-hydrogen) atoms. The summed E-state index contributed by atoms with van der Waals surface area (Å²) in [6.45, 7) is 2.15. The van der Waals surface area contributed by atoms with Gasteiger partial charge in [-0.05, 0) is 81.1 Å². The smallest absolute Gasteiger partial charge is 0.323 e. The molecule has 6 rings (SSSR count). The number of benzene rings is 6. The number of ketones is 1. The highest BCUT2D eigenvalue weighted by molar-refractivity contribution is 6.11. The molecule has 8 nitrogen and oxygen atoms in total. The number of primary amides is 1. The standard InChI is InChI=1S/C47H46N2O6/c1-2-31-17-19-38-25-34(18-20-37(38)23-31)26-40(29-44(49)50)55-46(52)41(21-22-43(48)47(53)54-30-33-13-7-4-8-14-33)45(51)42-28-36-16-10-9-15-35(36)27-39(42)24-32-11-5-3-6-12-32/h3-20,23,25,27-28,40-41,43H,2,21-22,24,26,29-30,48H2,1H3,(H2,49,50)/t40-,41+,43?/m0/s1. The number of fused-ring (bicyclic) bond motifs is 2. The van der Waals surface area contributed by atoms with Crippen molar-refractivity contribution in [2.75, 3.05) is 0 Å². The van der Waals surface area contributed by atoms with Crippen LogP contribution in [0, 0.1) is 5.92 Å². The molecule has 280 valence electrons. The second-order valence-corrected chi connectivity index (χ2v) is 14.0. The van der Waals surface area contributed by atoms with Crippen molar-refractivity contribution < 1.29 is 28.7 Å². The molecular weight excluding hydrogens is 689 g/mol. The van der Waals surface area contributed by atoms with Gasteiger partial charge in [0.05, 0.1) is 6.42 Å². The topological polar surface area (TPSA) is 139 Å². The number of amides is 1. The van der Waals surface area contributed by atoms with Crippen molar-refractivity contribution in [2.45, 2.75) is 64.2 Å². The number of aryl methyl sites for hydroxylation is 1. The second-order valence-electron chi connectivity index (χ2n) is 14.0. The summed E-state index contributed by atoms with van der Waals surface area (Å²) < 4.78 is 11.5. The van der Waals surface area contributed by atoms with Crippen LogP contribution < -0.4 is 11.5 Å². The zero-order valence-electron chi connectivity index (χ0n) is 31.0. The third-order valence-electron chi connectivity index (χ3n) is 9.92. The third kappa shape index (κ3) is 10.3. The molecule has 0 saturated heterocycles. The number of esters is 2. The summed E-state index contributed by atoms with van der Waals surface area (Å²) in [6.07, 6.45) is 0.299. The molecule has 0 heterocycles. The van der Waals surface area contributed by atoms with Gasteiger partial charge in [0.2, 0.25) is 5.91 Å². The van der Waals surface area contributed by atoms with Crippen molar-refractivity contribution in [2.24, 2.45) is 17.4 Å². The van der Waals surface area contributed by atoms with Gasteiger partial charge in [-0.2, -0.15) is 0 Å². The molecule has 0 spiro atoms. The molecule has 0 bridgehead atoms. The molecule has 0 aliphatic rings. The lowest BCUT2D eigenvalue weighted by atomic mass is 9.86. The van der Waals surface area contributed by atoms with Crippen LogP contribution in [0.3, 0.4) is 0 Å². The normalized spacial score (nSPS) is 12.8. The zero-order valence-corrected chi connectivity index (χ0v) is 31.0. The Labute approximate surface area is 321 Å². The largest absolute Gasteiger partial charge is 0.461 e. The number of ether oxygens (including phenoxy) is 2. The summed E-state index contributed by atoms with van der Waals surface area (Å²) in [7, 11) is 0. The van der Waals surface area contributed by atoms with Crippen molar-refractivity contribution in [1.29, 1.82) is 0 Å². The van der Waals surface area contributed by atoms with E-state index < -0.39 is 41.7 Å². The van der Waals surface area contributed by atoms with Crippen LogP contribution in [0.2, 0.25) is 0 Å². The van der Waals surface area contributed by atoms with Crippen LogP contribution in [0.4, 0.5) is 0 Å². The van der Waals surface area contributed by atoms with Crippen LogP contribution in [0.1, 0.15) is 64.4 Å². The van der Waals surface area contributed by atoms with E-state index in [1.807, 2.05) is 121 Å². The summed E-state index contributed by atoms with van der Waals surface area (Å²) >= 11 is 0. The van der Waals surface area contributed by atoms with E-state index in [0.717, 1.165) is 50.2 Å². The van der Waals surface area contributed by atoms with Gasteiger partial charge in [0.25, 0.3) is 0 Å². The van der Waals surface area contributed by atoms with Gasteiger partial charge in [0.15, 0.2) is 5.78 Å². The Morgan fingerprint density at radius 3 is 1.85 bits per heavy atom. The van der Waals surface area contributed by atoms with E-state index in [9.17, 15) is 19.2 Å². The zero-order chi connectivity index (χ0) is 38.7. The lowest BCUT2D eigenvalue weighted by Crippen LogP contribution is -2.36. The molecule has 1 amide bonds. The molecule has 0 saturated carbocycles. The summed E-state index contributed by atoms with van der Waals surface area (Å²) in [4.78, 5) is 54.3. The molecule has 6 aromatic rings. The number of hydrogen-bond donors (Lipinski definition) is 2.